The zero-order valence-electron chi connectivity index (χ0n) is 11.6. The molecule has 1 atom stereocenters. The minimum Gasteiger partial charge on any atom is -0.470 e. The number of Topliss-reactive ketones (excluding diaryl/α,β-unsaturated/α-hetero) is 1. The van der Waals surface area contributed by atoms with E-state index in [1.54, 1.807) is 24.0 Å². The van der Waals surface area contributed by atoms with E-state index in [0.29, 0.717) is 22.6 Å². The van der Waals surface area contributed by atoms with Gasteiger partial charge in [0, 0.05) is 11.1 Å². The maximum Gasteiger partial charge on any atom is 0.262 e. The monoisotopic (exact) mass is 269 g/mol. The molecule has 0 fully saturated rings. The first-order chi connectivity index (χ1) is 9.56. The van der Waals surface area contributed by atoms with Crippen LogP contribution in [-0.2, 0) is 9.53 Å². The molecule has 4 nitrogen and oxygen atoms in total. The standard InChI is InChI=1S/C16H15NO3/c1-4-13-14(9(2)18)10(3)20-16-12-8-6-5-7-11(12)15(19)17(13)16/h4-8,16H,1-3H3/b13-4-. The van der Waals surface area contributed by atoms with Crippen LogP contribution >= 0.6 is 0 Å². The molecule has 0 aromatic heterocycles. The second-order valence-electron chi connectivity index (χ2n) is 4.89. The van der Waals surface area contributed by atoms with Crippen LogP contribution in [0.5, 0.6) is 0 Å². The number of hydrogen-bond acceptors (Lipinski definition) is 3. The quantitative estimate of drug-likeness (QED) is 0.787. The van der Waals surface area contributed by atoms with E-state index in [-0.39, 0.29) is 11.7 Å². The van der Waals surface area contributed by atoms with Gasteiger partial charge in [-0.1, -0.05) is 24.3 Å². The van der Waals surface area contributed by atoms with Crippen molar-refractivity contribution in [1.82, 2.24) is 4.90 Å². The van der Waals surface area contributed by atoms with Crippen molar-refractivity contribution in [3.63, 3.8) is 0 Å². The van der Waals surface area contributed by atoms with Crippen molar-refractivity contribution >= 4 is 11.7 Å². The molecular formula is C16H15NO3. The van der Waals surface area contributed by atoms with Gasteiger partial charge >= 0.3 is 0 Å². The van der Waals surface area contributed by atoms with Crippen molar-refractivity contribution in [3.8, 4) is 0 Å². The zero-order chi connectivity index (χ0) is 14.4. The molecular weight excluding hydrogens is 254 g/mol. The van der Waals surface area contributed by atoms with Crippen molar-refractivity contribution in [3.05, 3.63) is 58.5 Å². The molecule has 1 aromatic rings. The predicted octanol–water partition coefficient (Wildman–Crippen LogP) is 2.94. The van der Waals surface area contributed by atoms with Gasteiger partial charge in [-0.2, -0.15) is 0 Å². The summed E-state index contributed by atoms with van der Waals surface area (Å²) in [5, 5.41) is 0. The first kappa shape index (κ1) is 12.7. The van der Waals surface area contributed by atoms with Gasteiger partial charge in [-0.3, -0.25) is 14.5 Å². The number of amides is 1. The van der Waals surface area contributed by atoms with Gasteiger partial charge in [-0.25, -0.2) is 0 Å². The number of rotatable bonds is 1. The van der Waals surface area contributed by atoms with E-state index in [9.17, 15) is 9.59 Å². The lowest BCUT2D eigenvalue weighted by Crippen LogP contribution is -2.35. The van der Waals surface area contributed by atoms with Crippen LogP contribution in [0.25, 0.3) is 0 Å². The number of nitrogens with zero attached hydrogens (tertiary/aromatic N) is 1. The van der Waals surface area contributed by atoms with Crippen molar-refractivity contribution in [2.45, 2.75) is 27.0 Å². The van der Waals surface area contributed by atoms with Crippen molar-refractivity contribution < 1.29 is 14.3 Å². The highest BCUT2D eigenvalue weighted by Crippen LogP contribution is 2.44. The van der Waals surface area contributed by atoms with E-state index in [0.717, 1.165) is 5.56 Å². The average Bonchev–Trinajstić information content (AvgIpc) is 2.71. The van der Waals surface area contributed by atoms with Crippen LogP contribution < -0.4 is 0 Å². The Bertz CT molecular complexity index is 685. The molecule has 20 heavy (non-hydrogen) atoms. The van der Waals surface area contributed by atoms with Crippen LogP contribution in [0, 0.1) is 0 Å². The molecule has 0 aliphatic carbocycles. The third kappa shape index (κ3) is 1.54. The molecule has 102 valence electrons. The molecule has 0 spiro atoms. The van der Waals surface area contributed by atoms with Gasteiger partial charge < -0.3 is 4.74 Å². The highest BCUT2D eigenvalue weighted by atomic mass is 16.5. The van der Waals surface area contributed by atoms with E-state index in [2.05, 4.69) is 0 Å². The van der Waals surface area contributed by atoms with Crippen LogP contribution in [0.15, 0.2) is 47.4 Å². The van der Waals surface area contributed by atoms with Crippen LogP contribution in [0.3, 0.4) is 0 Å². The van der Waals surface area contributed by atoms with Crippen molar-refractivity contribution in [1.29, 1.82) is 0 Å². The fraction of sp³-hybridized carbons (Fsp3) is 0.250. The summed E-state index contributed by atoms with van der Waals surface area (Å²) in [7, 11) is 0. The highest BCUT2D eigenvalue weighted by molar-refractivity contribution is 6.05. The molecule has 1 amide bonds. The van der Waals surface area contributed by atoms with Gasteiger partial charge in [0.1, 0.15) is 5.76 Å². The highest BCUT2D eigenvalue weighted by Gasteiger charge is 2.44. The van der Waals surface area contributed by atoms with Gasteiger partial charge in [0.2, 0.25) is 6.23 Å². The molecule has 1 aromatic carbocycles. The third-order valence-corrected chi connectivity index (χ3v) is 3.69. The van der Waals surface area contributed by atoms with Crippen molar-refractivity contribution in [2.24, 2.45) is 0 Å². The summed E-state index contributed by atoms with van der Waals surface area (Å²) in [5.74, 6) is 0.346. The summed E-state index contributed by atoms with van der Waals surface area (Å²) in [6.45, 7) is 5.08. The number of hydrogen-bond donors (Lipinski definition) is 0. The van der Waals surface area contributed by atoms with Gasteiger partial charge in [0.25, 0.3) is 5.91 Å². The first-order valence-electron chi connectivity index (χ1n) is 6.54. The molecule has 0 saturated carbocycles. The molecule has 0 radical (unpaired) electrons. The SMILES string of the molecule is C/C=C1/C(C(C)=O)=C(C)OC2c3ccccc3C(=O)N12. The van der Waals surface area contributed by atoms with E-state index >= 15 is 0 Å². The molecule has 4 heteroatoms. The lowest BCUT2D eigenvalue weighted by atomic mass is 10.0. The Labute approximate surface area is 117 Å². The Morgan fingerprint density at radius 2 is 2.05 bits per heavy atom. The number of benzene rings is 1. The Kier molecular flexibility index (Phi) is 2.74. The first-order valence-corrected chi connectivity index (χ1v) is 6.54. The van der Waals surface area contributed by atoms with E-state index < -0.39 is 6.23 Å². The third-order valence-electron chi connectivity index (χ3n) is 3.69. The maximum absolute atomic E-state index is 12.5. The Hall–Kier alpha value is -2.36. The minimum atomic E-state index is -0.465. The number of fused-ring (bicyclic) bond motifs is 3. The van der Waals surface area contributed by atoms with Crippen LogP contribution in [0.2, 0.25) is 0 Å². The van der Waals surface area contributed by atoms with E-state index in [1.807, 2.05) is 25.1 Å². The molecule has 0 saturated heterocycles. The zero-order valence-corrected chi connectivity index (χ0v) is 11.6. The number of ketones is 1. The summed E-state index contributed by atoms with van der Waals surface area (Å²) < 4.78 is 5.84. The van der Waals surface area contributed by atoms with E-state index in [4.69, 9.17) is 4.74 Å². The van der Waals surface area contributed by atoms with Crippen molar-refractivity contribution in [2.75, 3.05) is 0 Å². The van der Waals surface area contributed by atoms with Gasteiger partial charge in [-0.05, 0) is 26.8 Å². The van der Waals surface area contributed by atoms with Gasteiger partial charge in [-0.15, -0.1) is 0 Å². The number of carbonyl (C=O) groups is 2. The van der Waals surface area contributed by atoms with E-state index in [1.165, 1.54) is 6.92 Å². The lowest BCUT2D eigenvalue weighted by Gasteiger charge is -2.34. The van der Waals surface area contributed by atoms with Gasteiger partial charge in [0.05, 0.1) is 11.3 Å². The summed E-state index contributed by atoms with van der Waals surface area (Å²) >= 11 is 0. The summed E-state index contributed by atoms with van der Waals surface area (Å²) in [5.41, 5.74) is 2.59. The number of carbonyl (C=O) groups excluding carboxylic acids is 2. The maximum atomic E-state index is 12.5. The molecule has 0 bridgehead atoms. The van der Waals surface area contributed by atoms with Crippen LogP contribution in [0.4, 0.5) is 0 Å². The number of ether oxygens (including phenoxy) is 1. The largest absolute Gasteiger partial charge is 0.470 e. The topological polar surface area (TPSA) is 46.6 Å². The summed E-state index contributed by atoms with van der Waals surface area (Å²) in [4.78, 5) is 25.9. The Morgan fingerprint density at radius 3 is 2.70 bits per heavy atom. The summed E-state index contributed by atoms with van der Waals surface area (Å²) in [6.07, 6.45) is 1.33. The van der Waals surface area contributed by atoms with Crippen LogP contribution in [-0.4, -0.2) is 16.6 Å². The second-order valence-corrected chi connectivity index (χ2v) is 4.89. The molecule has 2 aliphatic rings. The molecule has 2 heterocycles. The van der Waals surface area contributed by atoms with Gasteiger partial charge in [0.15, 0.2) is 5.78 Å². The predicted molar refractivity (Wildman–Crippen MR) is 73.6 cm³/mol. The smallest absolute Gasteiger partial charge is 0.262 e. The molecule has 0 N–H and O–H groups in total. The normalized spacial score (nSPS) is 22.8. The minimum absolute atomic E-state index is 0.0993. The average molecular weight is 269 g/mol. The lowest BCUT2D eigenvalue weighted by molar-refractivity contribution is -0.114. The Morgan fingerprint density at radius 1 is 1.35 bits per heavy atom. The molecule has 1 unspecified atom stereocenters. The number of allylic oxidation sites excluding steroid dienone is 3. The molecule has 2 aliphatic heterocycles. The summed E-state index contributed by atoms with van der Waals surface area (Å²) in [6, 6.07) is 7.39. The fourth-order valence-electron chi connectivity index (χ4n) is 2.87. The fourth-order valence-corrected chi connectivity index (χ4v) is 2.87. The van der Waals surface area contributed by atoms with Crippen LogP contribution in [0.1, 0.15) is 42.9 Å². The molecule has 3 rings (SSSR count). The Balaban J connectivity index is 2.19. The second kappa shape index (κ2) is 4.34.